The lowest BCUT2D eigenvalue weighted by molar-refractivity contribution is 0.249. The summed E-state index contributed by atoms with van der Waals surface area (Å²) in [5, 5.41) is 10.7. The van der Waals surface area contributed by atoms with Crippen molar-refractivity contribution in [3.8, 4) is 0 Å². The number of thiazole rings is 1. The summed E-state index contributed by atoms with van der Waals surface area (Å²) in [4.78, 5) is 13.2. The molecule has 0 aromatic carbocycles. The number of nitrogen functional groups attached to an aromatic ring is 1. The Kier molecular flexibility index (Phi) is 4.12. The van der Waals surface area contributed by atoms with Crippen LogP contribution >= 0.6 is 11.3 Å². The molecule has 0 bridgehead atoms. The Balaban J connectivity index is 1.62. The van der Waals surface area contributed by atoms with Gasteiger partial charge in [0.2, 0.25) is 0 Å². The lowest BCUT2D eigenvalue weighted by atomic mass is 10.1. The third-order valence-corrected chi connectivity index (χ3v) is 4.43. The number of nitrogens with one attached hydrogen (secondary N) is 1. The summed E-state index contributed by atoms with van der Waals surface area (Å²) in [6, 6.07) is 3.89. The molecule has 0 saturated carbocycles. The monoisotopic (exact) mass is 302 g/mol. The maximum absolute atomic E-state index is 7.60. The van der Waals surface area contributed by atoms with Gasteiger partial charge in [-0.05, 0) is 11.6 Å². The van der Waals surface area contributed by atoms with Gasteiger partial charge in [0.1, 0.15) is 11.5 Å². The van der Waals surface area contributed by atoms with Gasteiger partial charge in [-0.3, -0.25) is 15.3 Å². The van der Waals surface area contributed by atoms with Gasteiger partial charge in [0.25, 0.3) is 0 Å². The molecule has 7 heteroatoms. The normalized spacial score (nSPS) is 16.1. The van der Waals surface area contributed by atoms with Gasteiger partial charge in [-0.2, -0.15) is 0 Å². The highest BCUT2D eigenvalue weighted by molar-refractivity contribution is 7.13. The van der Waals surface area contributed by atoms with Crippen LogP contribution in [0, 0.1) is 5.41 Å². The van der Waals surface area contributed by atoms with E-state index in [1.807, 2.05) is 23.7 Å². The molecule has 110 valence electrons. The highest BCUT2D eigenvalue weighted by Gasteiger charge is 2.19. The van der Waals surface area contributed by atoms with E-state index in [-0.39, 0.29) is 5.84 Å². The summed E-state index contributed by atoms with van der Waals surface area (Å²) in [6.07, 6.45) is 3.53. The summed E-state index contributed by atoms with van der Waals surface area (Å²) in [5.41, 5.74) is 7.21. The quantitative estimate of drug-likeness (QED) is 0.654. The molecule has 3 heterocycles. The highest BCUT2D eigenvalue weighted by atomic mass is 32.1. The zero-order chi connectivity index (χ0) is 14.7. The van der Waals surface area contributed by atoms with Crippen molar-refractivity contribution in [1.82, 2.24) is 14.9 Å². The van der Waals surface area contributed by atoms with Crippen LogP contribution in [0.5, 0.6) is 0 Å². The Labute approximate surface area is 127 Å². The van der Waals surface area contributed by atoms with E-state index in [1.54, 1.807) is 17.5 Å². The topological polar surface area (TPSA) is 82.1 Å². The predicted octanol–water partition coefficient (Wildman–Crippen LogP) is 1.14. The molecule has 1 aliphatic heterocycles. The minimum Gasteiger partial charge on any atom is -0.382 e. The molecule has 0 amide bonds. The fourth-order valence-electron chi connectivity index (χ4n) is 2.52. The molecule has 0 spiro atoms. The third-order valence-electron chi connectivity index (χ3n) is 3.60. The first-order valence-electron chi connectivity index (χ1n) is 6.89. The Morgan fingerprint density at radius 1 is 1.24 bits per heavy atom. The van der Waals surface area contributed by atoms with E-state index in [0.717, 1.165) is 43.4 Å². The maximum atomic E-state index is 7.60. The number of piperazine rings is 1. The van der Waals surface area contributed by atoms with Crippen LogP contribution in [0.15, 0.2) is 29.9 Å². The van der Waals surface area contributed by atoms with Crippen molar-refractivity contribution in [3.05, 3.63) is 41.2 Å². The molecule has 1 saturated heterocycles. The predicted molar refractivity (Wildman–Crippen MR) is 84.9 cm³/mol. The lowest BCUT2D eigenvalue weighted by Gasteiger charge is -2.34. The molecule has 21 heavy (non-hydrogen) atoms. The summed E-state index contributed by atoms with van der Waals surface area (Å²) in [7, 11) is 0. The molecule has 0 radical (unpaired) electrons. The Bertz CT molecular complexity index is 604. The first-order valence-corrected chi connectivity index (χ1v) is 7.77. The number of hydrogen-bond acceptors (Lipinski definition) is 6. The molecule has 3 rings (SSSR count). The molecule has 3 N–H and O–H groups in total. The van der Waals surface area contributed by atoms with Crippen LogP contribution in [-0.4, -0.2) is 46.9 Å². The molecular weight excluding hydrogens is 284 g/mol. The highest BCUT2D eigenvalue weighted by Crippen LogP contribution is 2.19. The lowest BCUT2D eigenvalue weighted by Crippen LogP contribution is -2.46. The Morgan fingerprint density at radius 2 is 2.05 bits per heavy atom. The number of nitrogens with zero attached hydrogens (tertiary/aromatic N) is 4. The standard InChI is InChI=1S/C14H18N6S/c15-13(16)12-11(2-1-3-17-12)10-19-5-7-20(8-6-19)14-18-4-9-21-14/h1-4,9H,5-8,10H2,(H3,15,16). The van der Waals surface area contributed by atoms with Crippen molar-refractivity contribution in [1.29, 1.82) is 5.41 Å². The van der Waals surface area contributed by atoms with E-state index in [4.69, 9.17) is 11.1 Å². The second-order valence-electron chi connectivity index (χ2n) is 5.00. The van der Waals surface area contributed by atoms with E-state index in [9.17, 15) is 0 Å². The van der Waals surface area contributed by atoms with Gasteiger partial charge < -0.3 is 10.6 Å². The van der Waals surface area contributed by atoms with Crippen LogP contribution in [0.2, 0.25) is 0 Å². The molecular formula is C14H18N6S. The fourth-order valence-corrected chi connectivity index (χ4v) is 3.22. The van der Waals surface area contributed by atoms with Gasteiger partial charge in [0.15, 0.2) is 5.13 Å². The Hall–Kier alpha value is -1.99. The van der Waals surface area contributed by atoms with E-state index in [2.05, 4.69) is 19.8 Å². The Morgan fingerprint density at radius 3 is 2.71 bits per heavy atom. The average Bonchev–Trinajstić information content (AvgIpc) is 3.03. The number of aromatic nitrogens is 2. The van der Waals surface area contributed by atoms with Crippen LogP contribution in [-0.2, 0) is 6.54 Å². The van der Waals surface area contributed by atoms with Crippen molar-refractivity contribution in [2.75, 3.05) is 31.1 Å². The molecule has 0 unspecified atom stereocenters. The number of amidine groups is 1. The minimum absolute atomic E-state index is 0.0343. The van der Waals surface area contributed by atoms with Crippen molar-refractivity contribution < 1.29 is 0 Å². The molecule has 1 fully saturated rings. The number of pyridine rings is 1. The second kappa shape index (κ2) is 6.19. The van der Waals surface area contributed by atoms with E-state index < -0.39 is 0 Å². The van der Waals surface area contributed by atoms with Gasteiger partial charge in [0.05, 0.1) is 0 Å². The van der Waals surface area contributed by atoms with Gasteiger partial charge in [-0.15, -0.1) is 11.3 Å². The summed E-state index contributed by atoms with van der Waals surface area (Å²) >= 11 is 1.68. The smallest absolute Gasteiger partial charge is 0.185 e. The largest absolute Gasteiger partial charge is 0.382 e. The zero-order valence-corrected chi connectivity index (χ0v) is 12.5. The molecule has 2 aromatic rings. The summed E-state index contributed by atoms with van der Waals surface area (Å²) < 4.78 is 0. The number of anilines is 1. The molecule has 2 aromatic heterocycles. The van der Waals surface area contributed by atoms with Gasteiger partial charge in [-0.25, -0.2) is 4.98 Å². The van der Waals surface area contributed by atoms with Gasteiger partial charge in [0, 0.05) is 50.5 Å². The van der Waals surface area contributed by atoms with Crippen molar-refractivity contribution in [2.45, 2.75) is 6.54 Å². The van der Waals surface area contributed by atoms with E-state index in [0.29, 0.717) is 5.69 Å². The van der Waals surface area contributed by atoms with Gasteiger partial charge in [-0.1, -0.05) is 6.07 Å². The summed E-state index contributed by atoms with van der Waals surface area (Å²) in [6.45, 7) is 4.69. The van der Waals surface area contributed by atoms with Crippen molar-refractivity contribution >= 4 is 22.3 Å². The molecule has 1 aliphatic rings. The second-order valence-corrected chi connectivity index (χ2v) is 5.88. The molecule has 0 atom stereocenters. The van der Waals surface area contributed by atoms with Crippen LogP contribution in [0.4, 0.5) is 5.13 Å². The number of nitrogens with two attached hydrogens (primary N) is 1. The van der Waals surface area contributed by atoms with Crippen LogP contribution in [0.1, 0.15) is 11.3 Å². The number of hydrogen-bond donors (Lipinski definition) is 2. The SMILES string of the molecule is N=C(N)c1ncccc1CN1CCN(c2nccs2)CC1. The van der Waals surface area contributed by atoms with E-state index in [1.165, 1.54) is 0 Å². The molecule has 6 nitrogen and oxygen atoms in total. The molecule has 0 aliphatic carbocycles. The van der Waals surface area contributed by atoms with Crippen molar-refractivity contribution in [2.24, 2.45) is 5.73 Å². The van der Waals surface area contributed by atoms with Crippen LogP contribution < -0.4 is 10.6 Å². The maximum Gasteiger partial charge on any atom is 0.185 e. The van der Waals surface area contributed by atoms with Crippen LogP contribution in [0.3, 0.4) is 0 Å². The first-order chi connectivity index (χ1) is 10.2. The minimum atomic E-state index is 0.0343. The number of rotatable bonds is 4. The summed E-state index contributed by atoms with van der Waals surface area (Å²) in [5.74, 6) is 0.0343. The van der Waals surface area contributed by atoms with E-state index >= 15 is 0 Å². The average molecular weight is 302 g/mol. The first kappa shape index (κ1) is 14.0. The zero-order valence-electron chi connectivity index (χ0n) is 11.7. The van der Waals surface area contributed by atoms with Crippen LogP contribution in [0.25, 0.3) is 0 Å². The third kappa shape index (κ3) is 3.20. The van der Waals surface area contributed by atoms with Gasteiger partial charge >= 0.3 is 0 Å². The van der Waals surface area contributed by atoms with Crippen molar-refractivity contribution in [3.63, 3.8) is 0 Å². The fraction of sp³-hybridized carbons (Fsp3) is 0.357.